The highest BCUT2D eigenvalue weighted by molar-refractivity contribution is 6.26. The molecule has 11 aromatic carbocycles. The summed E-state index contributed by atoms with van der Waals surface area (Å²) in [5.74, 6) is 0. The third-order valence-corrected chi connectivity index (χ3v) is 15.3. The summed E-state index contributed by atoms with van der Waals surface area (Å²) in [6, 6.07) is 91.4. The van der Waals surface area contributed by atoms with E-state index in [1.54, 1.807) is 0 Å². The second kappa shape index (κ2) is 14.5. The van der Waals surface area contributed by atoms with Gasteiger partial charge in [0.15, 0.2) is 0 Å². The Bertz CT molecular complexity index is 4700. The Kier molecular flexibility index (Phi) is 7.82. The van der Waals surface area contributed by atoms with Crippen molar-refractivity contribution in [3.05, 3.63) is 249 Å². The SMILES string of the molecule is c1ccc(-n2c3ccccc3c3cc(-n4c5cccc6c5c5c4cccc5n6-c4ccccc4-c4ccccc4-n4c5ccccc5c5cc(-n6c7ccccc7c7ccccc76)ccc54)ccc32)cc1. The molecular weight excluding hydrogens is 863 g/mol. The van der Waals surface area contributed by atoms with E-state index >= 15 is 0 Å². The molecule has 0 saturated heterocycles. The van der Waals surface area contributed by atoms with Crippen LogP contribution in [0.3, 0.4) is 0 Å². The normalized spacial score (nSPS) is 12.2. The fourth-order valence-electron chi connectivity index (χ4n) is 12.4. The Hall–Kier alpha value is -9.58. The number of para-hydroxylation sites is 7. The van der Waals surface area contributed by atoms with Crippen LogP contribution in [0.4, 0.5) is 0 Å². The summed E-state index contributed by atoms with van der Waals surface area (Å²) in [7, 11) is 0. The first kappa shape index (κ1) is 38.4. The molecule has 71 heavy (non-hydrogen) atoms. The quantitative estimate of drug-likeness (QED) is 0.159. The first-order chi connectivity index (χ1) is 35.3. The number of nitrogens with zero attached hydrogens (tertiary/aromatic N) is 5. The predicted octanol–water partition coefficient (Wildman–Crippen LogP) is 17.1. The molecule has 0 aliphatic carbocycles. The van der Waals surface area contributed by atoms with E-state index in [1.807, 2.05) is 0 Å². The van der Waals surface area contributed by atoms with Crippen molar-refractivity contribution in [2.45, 2.75) is 0 Å². The standard InChI is InChI=1S/C66H41N5/c1-2-18-42(19-3-1)67-55-28-12-8-24-49(55)51-41-44(36-38-59(51)67)69-61-32-16-34-63-65(61)66-62(69)33-17-35-64(66)71(63)57-30-14-7-23-48(57)47-22-6-13-29-56(47)70-58-31-15-9-25-50(58)52-40-43(37-39-60(52)70)68-53-26-10-4-20-45(53)46-21-5-11-27-54(46)68/h1-41H. The van der Waals surface area contributed by atoms with Gasteiger partial charge in [-0.25, -0.2) is 0 Å². The highest BCUT2D eigenvalue weighted by Crippen LogP contribution is 2.46. The highest BCUT2D eigenvalue weighted by atomic mass is 15.1. The predicted molar refractivity (Wildman–Crippen MR) is 297 cm³/mol. The van der Waals surface area contributed by atoms with Crippen molar-refractivity contribution < 1.29 is 0 Å². The second-order valence-electron chi connectivity index (χ2n) is 18.9. The van der Waals surface area contributed by atoms with Crippen LogP contribution in [0.5, 0.6) is 0 Å². The van der Waals surface area contributed by atoms with Crippen LogP contribution in [0.25, 0.3) is 138 Å². The van der Waals surface area contributed by atoms with E-state index < -0.39 is 0 Å². The lowest BCUT2D eigenvalue weighted by Crippen LogP contribution is -2.02. The van der Waals surface area contributed by atoms with Gasteiger partial charge in [-0.2, -0.15) is 0 Å². The van der Waals surface area contributed by atoms with Crippen molar-refractivity contribution in [1.29, 1.82) is 0 Å². The molecule has 5 nitrogen and oxygen atoms in total. The van der Waals surface area contributed by atoms with Crippen LogP contribution in [0.15, 0.2) is 249 Å². The number of benzene rings is 11. The monoisotopic (exact) mass is 903 g/mol. The molecule has 16 rings (SSSR count). The van der Waals surface area contributed by atoms with Crippen molar-refractivity contribution >= 4 is 98.3 Å². The average Bonchev–Trinajstić information content (AvgIpc) is 4.23. The van der Waals surface area contributed by atoms with Gasteiger partial charge in [0.2, 0.25) is 0 Å². The van der Waals surface area contributed by atoms with Gasteiger partial charge in [-0.05, 0) is 109 Å². The maximum Gasteiger partial charge on any atom is 0.0563 e. The average molecular weight is 904 g/mol. The summed E-state index contributed by atoms with van der Waals surface area (Å²) in [6.07, 6.45) is 0. The van der Waals surface area contributed by atoms with E-state index in [2.05, 4.69) is 272 Å². The molecule has 0 unspecified atom stereocenters. The van der Waals surface area contributed by atoms with Crippen LogP contribution in [-0.2, 0) is 0 Å². The summed E-state index contributed by atoms with van der Waals surface area (Å²) >= 11 is 0. The van der Waals surface area contributed by atoms with Crippen LogP contribution in [-0.4, -0.2) is 22.8 Å². The molecule has 16 aromatic rings. The molecule has 330 valence electrons. The van der Waals surface area contributed by atoms with Gasteiger partial charge in [-0.3, -0.25) is 0 Å². The topological polar surface area (TPSA) is 24.6 Å². The van der Waals surface area contributed by atoms with E-state index in [1.165, 1.54) is 109 Å². The lowest BCUT2D eigenvalue weighted by Gasteiger charge is -2.19. The van der Waals surface area contributed by atoms with Crippen LogP contribution in [0, 0.1) is 0 Å². The molecule has 0 atom stereocenters. The Balaban J connectivity index is 0.879. The third kappa shape index (κ3) is 5.24. The van der Waals surface area contributed by atoms with E-state index in [0.717, 1.165) is 28.4 Å². The number of hydrogen-bond donors (Lipinski definition) is 0. The Morgan fingerprint density at radius 2 is 0.493 bits per heavy atom. The zero-order chi connectivity index (χ0) is 46.3. The minimum atomic E-state index is 1.14. The maximum atomic E-state index is 2.50. The van der Waals surface area contributed by atoms with Crippen LogP contribution in [0.1, 0.15) is 0 Å². The molecule has 0 aliphatic rings. The largest absolute Gasteiger partial charge is 0.309 e. The smallest absolute Gasteiger partial charge is 0.0563 e. The molecule has 0 spiro atoms. The summed E-state index contributed by atoms with van der Waals surface area (Å²) in [6.45, 7) is 0. The molecule has 5 aromatic heterocycles. The Morgan fingerprint density at radius 1 is 0.183 bits per heavy atom. The Labute approximate surface area is 407 Å². The van der Waals surface area contributed by atoms with Crippen LogP contribution >= 0.6 is 0 Å². The van der Waals surface area contributed by atoms with E-state index in [-0.39, 0.29) is 0 Å². The summed E-state index contributed by atoms with van der Waals surface area (Å²) in [5.41, 5.74) is 20.0. The van der Waals surface area contributed by atoms with Crippen molar-refractivity contribution in [3.8, 4) is 39.6 Å². The second-order valence-corrected chi connectivity index (χ2v) is 18.9. The van der Waals surface area contributed by atoms with E-state index in [0.29, 0.717) is 0 Å². The number of hydrogen-bond acceptors (Lipinski definition) is 0. The minimum Gasteiger partial charge on any atom is -0.309 e. The zero-order valence-corrected chi connectivity index (χ0v) is 38.4. The summed E-state index contributed by atoms with van der Waals surface area (Å²) < 4.78 is 12.3. The van der Waals surface area contributed by atoms with Gasteiger partial charge in [0.05, 0.1) is 66.5 Å². The minimum absolute atomic E-state index is 1.14. The summed E-state index contributed by atoms with van der Waals surface area (Å²) in [4.78, 5) is 0. The third-order valence-electron chi connectivity index (χ3n) is 15.3. The molecule has 0 bridgehead atoms. The Morgan fingerprint density at radius 3 is 0.986 bits per heavy atom. The number of aromatic nitrogens is 5. The van der Waals surface area contributed by atoms with Gasteiger partial charge >= 0.3 is 0 Å². The first-order valence-electron chi connectivity index (χ1n) is 24.4. The maximum absolute atomic E-state index is 2.50. The molecule has 0 fully saturated rings. The van der Waals surface area contributed by atoms with E-state index in [4.69, 9.17) is 0 Å². The van der Waals surface area contributed by atoms with Crippen LogP contribution < -0.4 is 0 Å². The fourth-order valence-corrected chi connectivity index (χ4v) is 12.4. The molecule has 0 saturated carbocycles. The molecular formula is C66H41N5. The zero-order valence-electron chi connectivity index (χ0n) is 38.4. The molecule has 0 radical (unpaired) electrons. The molecule has 0 amide bonds. The van der Waals surface area contributed by atoms with Crippen molar-refractivity contribution in [1.82, 2.24) is 22.8 Å². The number of fused-ring (bicyclic) bond motifs is 9. The van der Waals surface area contributed by atoms with Gasteiger partial charge in [-0.1, -0.05) is 140 Å². The van der Waals surface area contributed by atoms with Crippen molar-refractivity contribution in [2.75, 3.05) is 0 Å². The van der Waals surface area contributed by atoms with Gasteiger partial charge in [0.25, 0.3) is 0 Å². The fraction of sp³-hybridized carbons (Fsp3) is 0. The summed E-state index contributed by atoms with van der Waals surface area (Å²) in [5, 5.41) is 10.0. The van der Waals surface area contributed by atoms with Crippen molar-refractivity contribution in [3.63, 3.8) is 0 Å². The number of rotatable bonds is 6. The lowest BCUT2D eigenvalue weighted by atomic mass is 10.0. The molecule has 0 N–H and O–H groups in total. The van der Waals surface area contributed by atoms with Crippen LogP contribution in [0.2, 0.25) is 0 Å². The van der Waals surface area contributed by atoms with Gasteiger partial charge in [0.1, 0.15) is 0 Å². The van der Waals surface area contributed by atoms with Gasteiger partial charge < -0.3 is 22.8 Å². The van der Waals surface area contributed by atoms with Gasteiger partial charge in [0, 0.05) is 71.3 Å². The van der Waals surface area contributed by atoms with E-state index in [9.17, 15) is 0 Å². The molecule has 5 heterocycles. The highest BCUT2D eigenvalue weighted by Gasteiger charge is 2.25. The molecule has 5 heteroatoms. The van der Waals surface area contributed by atoms with Crippen molar-refractivity contribution in [2.24, 2.45) is 0 Å². The lowest BCUT2D eigenvalue weighted by molar-refractivity contribution is 1.15. The molecule has 0 aliphatic heterocycles. The first-order valence-corrected chi connectivity index (χ1v) is 24.4. The van der Waals surface area contributed by atoms with Gasteiger partial charge in [-0.15, -0.1) is 0 Å².